The number of anilines is 1. The first kappa shape index (κ1) is 20.2. The van der Waals surface area contributed by atoms with E-state index in [9.17, 15) is 10.1 Å². The fraction of sp³-hybridized carbons (Fsp3) is 0.208. The van der Waals surface area contributed by atoms with Crippen molar-refractivity contribution < 1.29 is 9.53 Å². The van der Waals surface area contributed by atoms with Gasteiger partial charge in [0.15, 0.2) is 12.3 Å². The molecule has 0 spiro atoms. The molecular formula is C24H23N5O2. The van der Waals surface area contributed by atoms with Gasteiger partial charge in [-0.1, -0.05) is 24.3 Å². The number of nitrogens with zero attached hydrogens (tertiary/aromatic N) is 4. The van der Waals surface area contributed by atoms with Gasteiger partial charge in [0, 0.05) is 20.6 Å². The van der Waals surface area contributed by atoms with E-state index in [2.05, 4.69) is 16.4 Å². The number of hydrogen-bond acceptors (Lipinski definition) is 5. The summed E-state index contributed by atoms with van der Waals surface area (Å²) in [5.74, 6) is 1.41. The van der Waals surface area contributed by atoms with E-state index in [-0.39, 0.29) is 12.5 Å². The van der Waals surface area contributed by atoms with Crippen molar-refractivity contribution in [2.24, 2.45) is 0 Å². The maximum atomic E-state index is 11.8. The van der Waals surface area contributed by atoms with Crippen molar-refractivity contribution in [3.8, 4) is 11.8 Å². The first-order valence-electron chi connectivity index (χ1n) is 9.94. The monoisotopic (exact) mass is 413 g/mol. The van der Waals surface area contributed by atoms with E-state index in [0.717, 1.165) is 28.0 Å². The summed E-state index contributed by atoms with van der Waals surface area (Å²) in [7, 11) is 3.40. The van der Waals surface area contributed by atoms with Crippen LogP contribution in [0.1, 0.15) is 16.7 Å². The average molecular weight is 413 g/mol. The first-order valence-corrected chi connectivity index (χ1v) is 9.94. The van der Waals surface area contributed by atoms with Gasteiger partial charge in [-0.2, -0.15) is 5.26 Å². The Bertz CT molecular complexity index is 1320. The number of aryl methyl sites for hydroxylation is 1. The highest BCUT2D eigenvalue weighted by Crippen LogP contribution is 2.27. The second-order valence-corrected chi connectivity index (χ2v) is 7.54. The van der Waals surface area contributed by atoms with Crippen LogP contribution in [-0.2, 0) is 11.3 Å². The van der Waals surface area contributed by atoms with E-state index < -0.39 is 0 Å². The topological polar surface area (TPSA) is 82.7 Å². The van der Waals surface area contributed by atoms with Crippen LogP contribution in [0.25, 0.3) is 16.7 Å². The number of ether oxygens (including phenoxy) is 1. The molecule has 0 unspecified atom stereocenters. The smallest absolute Gasteiger partial charge is 0.259 e. The normalized spacial score (nSPS) is 10.8. The maximum Gasteiger partial charge on any atom is 0.259 e. The molecule has 31 heavy (non-hydrogen) atoms. The number of rotatable bonds is 6. The average Bonchev–Trinajstić information content (AvgIpc) is 3.15. The summed E-state index contributed by atoms with van der Waals surface area (Å²) in [6, 6.07) is 19.7. The molecule has 2 aromatic carbocycles. The SMILES string of the molecule is Cc1cc(NCc2cccc(OCC(=O)N(C)C)c2)n2c(nc3ccccc32)c1C#N. The van der Waals surface area contributed by atoms with Crippen LogP contribution >= 0.6 is 0 Å². The second-order valence-electron chi connectivity index (χ2n) is 7.54. The van der Waals surface area contributed by atoms with Gasteiger partial charge in [-0.05, 0) is 48.4 Å². The van der Waals surface area contributed by atoms with Crippen LogP contribution in [0.4, 0.5) is 5.82 Å². The van der Waals surface area contributed by atoms with E-state index in [1.165, 1.54) is 4.90 Å². The van der Waals surface area contributed by atoms with Crippen LogP contribution in [0.15, 0.2) is 54.6 Å². The lowest BCUT2D eigenvalue weighted by atomic mass is 10.1. The largest absolute Gasteiger partial charge is 0.484 e. The van der Waals surface area contributed by atoms with Crippen LogP contribution in [0, 0.1) is 18.3 Å². The van der Waals surface area contributed by atoms with E-state index in [1.54, 1.807) is 14.1 Å². The quantitative estimate of drug-likeness (QED) is 0.521. The molecule has 0 aliphatic carbocycles. The van der Waals surface area contributed by atoms with E-state index >= 15 is 0 Å². The fourth-order valence-corrected chi connectivity index (χ4v) is 3.44. The molecule has 0 radical (unpaired) electrons. The number of carbonyl (C=O) groups excluding carboxylic acids is 1. The lowest BCUT2D eigenvalue weighted by Crippen LogP contribution is -2.27. The lowest BCUT2D eigenvalue weighted by molar-refractivity contribution is -0.130. The Balaban J connectivity index is 1.62. The molecule has 0 bridgehead atoms. The highest BCUT2D eigenvalue weighted by atomic mass is 16.5. The van der Waals surface area contributed by atoms with Gasteiger partial charge in [0.1, 0.15) is 17.6 Å². The molecule has 7 nitrogen and oxygen atoms in total. The predicted octanol–water partition coefficient (Wildman–Crippen LogP) is 3.75. The molecule has 0 atom stereocenters. The minimum Gasteiger partial charge on any atom is -0.484 e. The van der Waals surface area contributed by atoms with Gasteiger partial charge in [-0.25, -0.2) is 4.98 Å². The molecule has 0 fully saturated rings. The molecule has 0 saturated heterocycles. The van der Waals surface area contributed by atoms with Crippen molar-refractivity contribution in [2.45, 2.75) is 13.5 Å². The number of likely N-dealkylation sites (N-methyl/N-ethyl adjacent to an activating group) is 1. The van der Waals surface area contributed by atoms with Gasteiger partial charge in [-0.3, -0.25) is 9.20 Å². The molecule has 0 saturated carbocycles. The first-order chi connectivity index (χ1) is 15.0. The Hall–Kier alpha value is -4.05. The zero-order chi connectivity index (χ0) is 22.0. The van der Waals surface area contributed by atoms with Gasteiger partial charge >= 0.3 is 0 Å². The van der Waals surface area contributed by atoms with Crippen LogP contribution in [-0.4, -0.2) is 40.9 Å². The Morgan fingerprint density at radius 2 is 2.00 bits per heavy atom. The van der Waals surface area contributed by atoms with Crippen molar-refractivity contribution in [2.75, 3.05) is 26.0 Å². The van der Waals surface area contributed by atoms with E-state index in [4.69, 9.17) is 4.74 Å². The predicted molar refractivity (Wildman–Crippen MR) is 120 cm³/mol. The number of nitriles is 1. The minimum atomic E-state index is -0.0917. The number of para-hydroxylation sites is 2. The zero-order valence-corrected chi connectivity index (χ0v) is 17.7. The molecule has 0 aliphatic heterocycles. The summed E-state index contributed by atoms with van der Waals surface area (Å²) in [5, 5.41) is 13.1. The van der Waals surface area contributed by atoms with E-state index in [0.29, 0.717) is 23.5 Å². The van der Waals surface area contributed by atoms with E-state index in [1.807, 2.05) is 65.9 Å². The minimum absolute atomic E-state index is 0.000344. The van der Waals surface area contributed by atoms with Crippen molar-refractivity contribution >= 4 is 28.4 Å². The third-order valence-electron chi connectivity index (χ3n) is 5.12. The van der Waals surface area contributed by atoms with Crippen LogP contribution < -0.4 is 10.1 Å². The van der Waals surface area contributed by atoms with Gasteiger partial charge in [0.05, 0.1) is 16.6 Å². The summed E-state index contributed by atoms with van der Waals surface area (Å²) in [5.41, 5.74) is 4.87. The summed E-state index contributed by atoms with van der Waals surface area (Å²) < 4.78 is 7.60. The molecular weight excluding hydrogens is 390 g/mol. The summed E-state index contributed by atoms with van der Waals surface area (Å²) >= 11 is 0. The number of aromatic nitrogens is 2. The standard InChI is InChI=1S/C24H23N5O2/c1-16-11-22(29-21-10-5-4-9-20(21)27-24(29)19(16)13-25)26-14-17-7-6-8-18(12-17)31-15-23(30)28(2)3/h4-12,26H,14-15H2,1-3H3. The molecule has 2 aromatic heterocycles. The molecule has 1 N–H and O–H groups in total. The van der Waals surface area contributed by atoms with Gasteiger partial charge in [0.2, 0.25) is 0 Å². The molecule has 4 rings (SSSR count). The van der Waals surface area contributed by atoms with Crippen molar-refractivity contribution in [1.82, 2.24) is 14.3 Å². The van der Waals surface area contributed by atoms with Crippen LogP contribution in [0.2, 0.25) is 0 Å². The fourth-order valence-electron chi connectivity index (χ4n) is 3.44. The second kappa shape index (κ2) is 8.36. The Labute approximate surface area is 180 Å². The number of hydrogen-bond donors (Lipinski definition) is 1. The molecule has 1 amide bonds. The molecule has 2 heterocycles. The third-order valence-corrected chi connectivity index (χ3v) is 5.12. The Kier molecular flexibility index (Phi) is 5.46. The van der Waals surface area contributed by atoms with Crippen LogP contribution in [0.3, 0.4) is 0 Å². The van der Waals surface area contributed by atoms with Crippen molar-refractivity contribution in [3.05, 3.63) is 71.3 Å². The lowest BCUT2D eigenvalue weighted by Gasteiger charge is -2.14. The number of benzene rings is 2. The van der Waals surface area contributed by atoms with Gasteiger partial charge in [-0.15, -0.1) is 0 Å². The van der Waals surface area contributed by atoms with Gasteiger partial charge in [0.25, 0.3) is 5.91 Å². The molecule has 156 valence electrons. The number of nitrogens with one attached hydrogen (secondary N) is 1. The molecule has 0 aliphatic rings. The number of imidazole rings is 1. The summed E-state index contributed by atoms with van der Waals surface area (Å²) in [6.07, 6.45) is 0. The summed E-state index contributed by atoms with van der Waals surface area (Å²) in [6.45, 7) is 2.46. The van der Waals surface area contributed by atoms with Crippen LogP contribution in [0.5, 0.6) is 5.75 Å². The van der Waals surface area contributed by atoms with Gasteiger partial charge < -0.3 is 15.0 Å². The third kappa shape index (κ3) is 4.01. The number of carbonyl (C=O) groups is 1. The maximum absolute atomic E-state index is 11.8. The number of pyridine rings is 1. The zero-order valence-electron chi connectivity index (χ0n) is 17.7. The Morgan fingerprint density at radius 3 is 2.77 bits per heavy atom. The number of fused-ring (bicyclic) bond motifs is 3. The number of amides is 1. The highest BCUT2D eigenvalue weighted by Gasteiger charge is 2.15. The summed E-state index contributed by atoms with van der Waals surface area (Å²) in [4.78, 5) is 17.9. The molecule has 4 aromatic rings. The highest BCUT2D eigenvalue weighted by molar-refractivity contribution is 5.85. The Morgan fingerprint density at radius 1 is 1.19 bits per heavy atom. The van der Waals surface area contributed by atoms with Crippen molar-refractivity contribution in [3.63, 3.8) is 0 Å². The molecule has 7 heteroatoms. The van der Waals surface area contributed by atoms with Crippen molar-refractivity contribution in [1.29, 1.82) is 5.26 Å².